The van der Waals surface area contributed by atoms with E-state index >= 15 is 0 Å². The third-order valence-corrected chi connectivity index (χ3v) is 6.31. The predicted molar refractivity (Wildman–Crippen MR) is 142 cm³/mol. The molecule has 1 atom stereocenters. The van der Waals surface area contributed by atoms with Crippen LogP contribution >= 0.6 is 11.6 Å². The predicted octanol–water partition coefficient (Wildman–Crippen LogP) is 4.57. The monoisotopic (exact) mass is 532 g/mol. The molecule has 9 nitrogen and oxygen atoms in total. The number of halogens is 1. The molecule has 1 aliphatic rings. The summed E-state index contributed by atoms with van der Waals surface area (Å²) < 4.78 is 16.0. The number of nitrogens with zero attached hydrogens (tertiary/aromatic N) is 3. The number of methoxy groups -OCH3 is 1. The molecule has 2 heterocycles. The quantitative estimate of drug-likeness (QED) is 0.343. The zero-order chi connectivity index (χ0) is 27.4. The van der Waals surface area contributed by atoms with Crippen LogP contribution in [0.5, 0.6) is 5.75 Å². The number of allylic oxidation sites excluding steroid dienone is 1. The van der Waals surface area contributed by atoms with Gasteiger partial charge in [0.2, 0.25) is 0 Å². The Kier molecular flexibility index (Phi) is 7.84. The van der Waals surface area contributed by atoms with Crippen molar-refractivity contribution in [3.05, 3.63) is 88.0 Å². The van der Waals surface area contributed by atoms with Gasteiger partial charge in [0.1, 0.15) is 22.4 Å². The van der Waals surface area contributed by atoms with Crippen LogP contribution in [-0.4, -0.2) is 37.2 Å². The molecule has 0 amide bonds. The number of carbonyl (C=O) groups is 2. The normalized spacial score (nSPS) is 15.3. The first-order valence-electron chi connectivity index (χ1n) is 11.8. The number of fused-ring (bicyclic) bond motifs is 1. The van der Waals surface area contributed by atoms with E-state index in [2.05, 4.69) is 11.1 Å². The summed E-state index contributed by atoms with van der Waals surface area (Å²) in [6.07, 6.45) is 0. The van der Waals surface area contributed by atoms with E-state index in [1.54, 1.807) is 50.2 Å². The van der Waals surface area contributed by atoms with Gasteiger partial charge in [-0.25, -0.2) is 14.6 Å². The number of pyridine rings is 1. The number of nitrogens with two attached hydrogens (primary N) is 1. The van der Waals surface area contributed by atoms with Crippen LogP contribution in [-0.2, 0) is 19.1 Å². The van der Waals surface area contributed by atoms with Gasteiger partial charge in [-0.1, -0.05) is 29.8 Å². The molecule has 3 aromatic rings. The Morgan fingerprint density at radius 1 is 1.08 bits per heavy atom. The van der Waals surface area contributed by atoms with Gasteiger partial charge < -0.3 is 19.9 Å². The Labute approximate surface area is 224 Å². The highest BCUT2D eigenvalue weighted by Gasteiger charge is 2.44. The fraction of sp³-hybridized carbons (Fsp3) is 0.214. The number of carbonyl (C=O) groups excluding carboxylic acids is 2. The van der Waals surface area contributed by atoms with E-state index in [1.165, 1.54) is 12.0 Å². The van der Waals surface area contributed by atoms with Gasteiger partial charge in [0.25, 0.3) is 0 Å². The molecule has 194 valence electrons. The standard InChI is InChI=1S/C28H25ClN4O5/c1-4-37-27(34)23-22(19-14-16-8-6-7-9-21(16)32-25(19)29)20(15-30)26(31)33(24(23)28(35)38-5-2)17-10-12-18(36-3)13-11-17/h6-14,22H,4-5,31H2,1-3H3. The van der Waals surface area contributed by atoms with Gasteiger partial charge in [0, 0.05) is 16.6 Å². The van der Waals surface area contributed by atoms with Crippen LogP contribution < -0.4 is 15.4 Å². The second-order valence-corrected chi connectivity index (χ2v) is 8.50. The van der Waals surface area contributed by atoms with Crippen LogP contribution in [0.25, 0.3) is 10.9 Å². The summed E-state index contributed by atoms with van der Waals surface area (Å²) in [7, 11) is 1.52. The molecule has 38 heavy (non-hydrogen) atoms. The molecule has 2 aromatic carbocycles. The average Bonchev–Trinajstić information content (AvgIpc) is 2.92. The van der Waals surface area contributed by atoms with Crippen LogP contribution in [0, 0.1) is 11.3 Å². The van der Waals surface area contributed by atoms with Crippen LogP contribution in [0.1, 0.15) is 25.3 Å². The molecule has 0 saturated heterocycles. The average molecular weight is 533 g/mol. The van der Waals surface area contributed by atoms with Gasteiger partial charge in [-0.05, 0) is 50.2 Å². The highest BCUT2D eigenvalue weighted by Crippen LogP contribution is 2.45. The molecular formula is C28H25ClN4O5. The first kappa shape index (κ1) is 26.5. The molecule has 0 radical (unpaired) electrons. The van der Waals surface area contributed by atoms with Gasteiger partial charge >= 0.3 is 11.9 Å². The second-order valence-electron chi connectivity index (χ2n) is 8.14. The van der Waals surface area contributed by atoms with E-state index < -0.39 is 17.9 Å². The molecule has 10 heteroatoms. The van der Waals surface area contributed by atoms with Crippen molar-refractivity contribution < 1.29 is 23.8 Å². The Morgan fingerprint density at radius 3 is 2.37 bits per heavy atom. The highest BCUT2D eigenvalue weighted by atomic mass is 35.5. The van der Waals surface area contributed by atoms with Crippen molar-refractivity contribution in [2.45, 2.75) is 19.8 Å². The first-order valence-corrected chi connectivity index (χ1v) is 12.2. The third kappa shape index (κ3) is 4.74. The number of rotatable bonds is 7. The summed E-state index contributed by atoms with van der Waals surface area (Å²) in [6.45, 7) is 3.34. The van der Waals surface area contributed by atoms with E-state index in [0.29, 0.717) is 22.5 Å². The summed E-state index contributed by atoms with van der Waals surface area (Å²) in [5.74, 6) is -2.28. The minimum atomic E-state index is -1.14. The Hall–Kier alpha value is -4.55. The van der Waals surface area contributed by atoms with Crippen molar-refractivity contribution >= 4 is 40.1 Å². The van der Waals surface area contributed by atoms with E-state index in [-0.39, 0.29) is 41.0 Å². The minimum Gasteiger partial charge on any atom is -0.497 e. The number of para-hydroxylation sites is 1. The largest absolute Gasteiger partial charge is 0.497 e. The molecule has 1 aromatic heterocycles. The van der Waals surface area contributed by atoms with Crippen molar-refractivity contribution in [1.82, 2.24) is 4.98 Å². The summed E-state index contributed by atoms with van der Waals surface area (Å²) in [6, 6.07) is 17.7. The van der Waals surface area contributed by atoms with Crippen LogP contribution in [0.3, 0.4) is 0 Å². The van der Waals surface area contributed by atoms with Crippen molar-refractivity contribution in [3.63, 3.8) is 0 Å². The zero-order valence-corrected chi connectivity index (χ0v) is 21.8. The molecule has 0 fully saturated rings. The van der Waals surface area contributed by atoms with Gasteiger partial charge in [-0.3, -0.25) is 4.90 Å². The maximum atomic E-state index is 13.6. The van der Waals surface area contributed by atoms with E-state index in [4.69, 9.17) is 31.5 Å². The summed E-state index contributed by atoms with van der Waals surface area (Å²) in [5, 5.41) is 11.1. The number of nitriles is 1. The van der Waals surface area contributed by atoms with E-state index in [0.717, 1.165) is 5.39 Å². The van der Waals surface area contributed by atoms with Crippen molar-refractivity contribution in [2.24, 2.45) is 5.73 Å². The Bertz CT molecular complexity index is 1510. The fourth-order valence-corrected chi connectivity index (χ4v) is 4.61. The van der Waals surface area contributed by atoms with Gasteiger partial charge in [-0.2, -0.15) is 5.26 Å². The molecule has 0 aliphatic carbocycles. The maximum Gasteiger partial charge on any atom is 0.355 e. The molecule has 0 bridgehead atoms. The third-order valence-electron chi connectivity index (χ3n) is 6.00. The van der Waals surface area contributed by atoms with Crippen molar-refractivity contribution in [2.75, 3.05) is 25.2 Å². The minimum absolute atomic E-state index is 0.00380. The first-order chi connectivity index (χ1) is 18.4. The lowest BCUT2D eigenvalue weighted by molar-refractivity contribution is -0.142. The van der Waals surface area contributed by atoms with Crippen molar-refractivity contribution in [3.8, 4) is 11.8 Å². The molecule has 4 rings (SSSR count). The molecule has 1 unspecified atom stereocenters. The number of hydrogen-bond acceptors (Lipinski definition) is 9. The van der Waals surface area contributed by atoms with Crippen LogP contribution in [0.4, 0.5) is 5.69 Å². The number of esters is 2. The highest BCUT2D eigenvalue weighted by molar-refractivity contribution is 6.31. The molecule has 2 N–H and O–H groups in total. The molecule has 0 spiro atoms. The number of aromatic nitrogens is 1. The summed E-state index contributed by atoms with van der Waals surface area (Å²) in [4.78, 5) is 32.8. The smallest absolute Gasteiger partial charge is 0.355 e. The second kappa shape index (κ2) is 11.2. The summed E-state index contributed by atoms with van der Waals surface area (Å²) >= 11 is 6.63. The lowest BCUT2D eigenvalue weighted by Crippen LogP contribution is -2.41. The molecule has 0 saturated carbocycles. The van der Waals surface area contributed by atoms with Gasteiger partial charge in [0.05, 0.1) is 49.0 Å². The lowest BCUT2D eigenvalue weighted by Gasteiger charge is -2.36. The Balaban J connectivity index is 2.08. The number of anilines is 1. The fourth-order valence-electron chi connectivity index (χ4n) is 4.36. The lowest BCUT2D eigenvalue weighted by atomic mass is 9.81. The molecular weight excluding hydrogens is 508 g/mol. The van der Waals surface area contributed by atoms with E-state index in [1.807, 2.05) is 18.2 Å². The number of hydrogen-bond donors (Lipinski definition) is 1. The molecule has 1 aliphatic heterocycles. The van der Waals surface area contributed by atoms with Crippen molar-refractivity contribution in [1.29, 1.82) is 5.26 Å². The number of benzene rings is 2. The SMILES string of the molecule is CCOC(=O)C1=C(C(=O)OCC)N(c2ccc(OC)cc2)C(N)=C(C#N)C1c1cc2ccccc2nc1Cl. The topological polar surface area (TPSA) is 128 Å². The van der Waals surface area contributed by atoms with Gasteiger partial charge in [-0.15, -0.1) is 0 Å². The zero-order valence-electron chi connectivity index (χ0n) is 21.0. The van der Waals surface area contributed by atoms with Crippen LogP contribution in [0.2, 0.25) is 5.15 Å². The maximum absolute atomic E-state index is 13.6. The van der Waals surface area contributed by atoms with Gasteiger partial charge in [0.15, 0.2) is 0 Å². The van der Waals surface area contributed by atoms with Crippen LogP contribution in [0.15, 0.2) is 77.3 Å². The number of ether oxygens (including phenoxy) is 3. The Morgan fingerprint density at radius 2 is 1.74 bits per heavy atom. The summed E-state index contributed by atoms with van der Waals surface area (Å²) in [5.41, 5.74) is 7.62. The van der Waals surface area contributed by atoms with E-state index in [9.17, 15) is 14.9 Å².